The monoisotopic (exact) mass is 553 g/mol. The summed E-state index contributed by atoms with van der Waals surface area (Å²) in [6, 6.07) is 10.7. The lowest BCUT2D eigenvalue weighted by Gasteiger charge is -2.34. The van der Waals surface area contributed by atoms with Crippen molar-refractivity contribution >= 4 is 39.1 Å². The molecular weight excluding hydrogens is 518 g/mol. The molecule has 0 radical (unpaired) electrons. The molecule has 37 heavy (non-hydrogen) atoms. The minimum absolute atomic E-state index is 0.0929. The van der Waals surface area contributed by atoms with Crippen molar-refractivity contribution in [2.75, 3.05) is 31.3 Å². The lowest BCUT2D eigenvalue weighted by atomic mass is 10.1. The van der Waals surface area contributed by atoms with Crippen molar-refractivity contribution in [2.24, 2.45) is 0 Å². The van der Waals surface area contributed by atoms with Crippen molar-refractivity contribution in [1.29, 1.82) is 0 Å². The Kier molecular flexibility index (Phi) is 10.2. The average Bonchev–Trinajstić information content (AvgIpc) is 2.81. The van der Waals surface area contributed by atoms with Crippen molar-refractivity contribution in [2.45, 2.75) is 52.2 Å². The molecule has 1 N–H and O–H groups in total. The largest absolute Gasteiger partial charge is 0.493 e. The minimum atomic E-state index is -3.88. The smallest absolute Gasteiger partial charge is 0.244 e. The molecule has 0 fully saturated rings. The Morgan fingerprint density at radius 3 is 2.11 bits per heavy atom. The Hall–Kier alpha value is -2.98. The highest BCUT2D eigenvalue weighted by atomic mass is 35.5. The van der Waals surface area contributed by atoms with Gasteiger partial charge in [0.25, 0.3) is 0 Å². The molecule has 204 valence electrons. The van der Waals surface area contributed by atoms with E-state index < -0.39 is 34.1 Å². The van der Waals surface area contributed by atoms with E-state index in [2.05, 4.69) is 5.32 Å². The Morgan fingerprint density at radius 1 is 1.03 bits per heavy atom. The number of ether oxygens (including phenoxy) is 2. The number of benzene rings is 2. The molecule has 0 aromatic heterocycles. The highest BCUT2D eigenvalue weighted by molar-refractivity contribution is 7.92. The van der Waals surface area contributed by atoms with E-state index in [9.17, 15) is 18.0 Å². The molecule has 9 nitrogen and oxygen atoms in total. The standard InChI is InChI=1S/C26H36ClN3O6S/c1-8-21(25(32)28-26(2,3)4)29(16-18-9-11-19(27)12-10-18)24(31)17-30(37(7,33)34)20-13-14-22(35-5)23(15-20)36-6/h9-15,21H,8,16-17H2,1-7H3,(H,28,32)/t21-/m1/s1. The summed E-state index contributed by atoms with van der Waals surface area (Å²) in [5, 5.41) is 3.46. The fraction of sp³-hybridized carbons (Fsp3) is 0.462. The van der Waals surface area contributed by atoms with Crippen LogP contribution in [0.3, 0.4) is 0 Å². The van der Waals surface area contributed by atoms with Crippen LogP contribution in [0.4, 0.5) is 5.69 Å². The van der Waals surface area contributed by atoms with E-state index in [-0.39, 0.29) is 18.1 Å². The first-order valence-electron chi connectivity index (χ1n) is 11.8. The van der Waals surface area contributed by atoms with Crippen LogP contribution >= 0.6 is 11.6 Å². The van der Waals surface area contributed by atoms with Gasteiger partial charge < -0.3 is 19.7 Å². The van der Waals surface area contributed by atoms with Crippen LogP contribution in [0.15, 0.2) is 42.5 Å². The zero-order valence-electron chi connectivity index (χ0n) is 22.4. The number of amides is 2. The third kappa shape index (κ3) is 8.53. The van der Waals surface area contributed by atoms with Crippen LogP contribution in [0.2, 0.25) is 5.02 Å². The second kappa shape index (κ2) is 12.5. The lowest BCUT2D eigenvalue weighted by Crippen LogP contribution is -2.55. The van der Waals surface area contributed by atoms with Crippen molar-refractivity contribution in [1.82, 2.24) is 10.2 Å². The molecule has 0 aliphatic rings. The first-order chi connectivity index (χ1) is 17.2. The van der Waals surface area contributed by atoms with Gasteiger partial charge in [0, 0.05) is 23.2 Å². The number of carbonyl (C=O) groups excluding carboxylic acids is 2. The number of anilines is 1. The maximum atomic E-state index is 13.8. The number of halogens is 1. The van der Waals surface area contributed by atoms with Crippen LogP contribution in [0.25, 0.3) is 0 Å². The fourth-order valence-corrected chi connectivity index (χ4v) is 4.72. The summed E-state index contributed by atoms with van der Waals surface area (Å²) in [6.07, 6.45) is 1.35. The summed E-state index contributed by atoms with van der Waals surface area (Å²) < 4.78 is 37.1. The van der Waals surface area contributed by atoms with E-state index in [0.717, 1.165) is 16.1 Å². The third-order valence-electron chi connectivity index (χ3n) is 5.48. The Bertz CT molecular complexity index is 1200. The van der Waals surface area contributed by atoms with Gasteiger partial charge in [0.1, 0.15) is 12.6 Å². The summed E-state index contributed by atoms with van der Waals surface area (Å²) in [4.78, 5) is 28.4. The van der Waals surface area contributed by atoms with Gasteiger partial charge in [-0.2, -0.15) is 0 Å². The number of hydrogen-bond donors (Lipinski definition) is 1. The Labute approximate surface area is 224 Å². The molecule has 11 heteroatoms. The highest BCUT2D eigenvalue weighted by Crippen LogP contribution is 2.32. The molecule has 0 aliphatic carbocycles. The lowest BCUT2D eigenvalue weighted by molar-refractivity contribution is -0.141. The van der Waals surface area contributed by atoms with Crippen LogP contribution in [-0.4, -0.2) is 63.7 Å². The van der Waals surface area contributed by atoms with Gasteiger partial charge in [-0.25, -0.2) is 8.42 Å². The summed E-state index contributed by atoms with van der Waals surface area (Å²) in [6.45, 7) is 6.94. The molecule has 0 aliphatic heterocycles. The van der Waals surface area contributed by atoms with E-state index in [1.807, 2.05) is 20.8 Å². The van der Waals surface area contributed by atoms with Crippen molar-refractivity contribution in [3.63, 3.8) is 0 Å². The molecule has 2 amide bonds. The van der Waals surface area contributed by atoms with Gasteiger partial charge in [0.15, 0.2) is 11.5 Å². The first kappa shape index (κ1) is 30.2. The molecule has 2 aromatic carbocycles. The normalized spacial score (nSPS) is 12.4. The van der Waals surface area contributed by atoms with E-state index in [0.29, 0.717) is 22.9 Å². The van der Waals surface area contributed by atoms with E-state index >= 15 is 0 Å². The number of nitrogens with one attached hydrogen (secondary N) is 1. The summed E-state index contributed by atoms with van der Waals surface area (Å²) >= 11 is 6.02. The predicted molar refractivity (Wildman–Crippen MR) is 146 cm³/mol. The molecule has 0 saturated heterocycles. The number of methoxy groups -OCH3 is 2. The van der Waals surface area contributed by atoms with Gasteiger partial charge in [-0.1, -0.05) is 30.7 Å². The first-order valence-corrected chi connectivity index (χ1v) is 14.0. The molecule has 2 aromatic rings. The molecule has 0 bridgehead atoms. The van der Waals surface area contributed by atoms with Crippen LogP contribution < -0.4 is 19.1 Å². The third-order valence-corrected chi connectivity index (χ3v) is 6.88. The predicted octanol–water partition coefficient (Wildman–Crippen LogP) is 3.85. The molecule has 1 atom stereocenters. The molecular formula is C26H36ClN3O6S. The summed E-state index contributed by atoms with van der Waals surface area (Å²) in [7, 11) is -0.974. The summed E-state index contributed by atoms with van der Waals surface area (Å²) in [5.41, 5.74) is 0.460. The number of rotatable bonds is 11. The highest BCUT2D eigenvalue weighted by Gasteiger charge is 2.33. The van der Waals surface area contributed by atoms with E-state index in [1.165, 1.54) is 31.3 Å². The maximum Gasteiger partial charge on any atom is 0.244 e. The van der Waals surface area contributed by atoms with E-state index in [4.69, 9.17) is 21.1 Å². The zero-order valence-corrected chi connectivity index (χ0v) is 23.9. The fourth-order valence-electron chi connectivity index (χ4n) is 3.75. The second-order valence-electron chi connectivity index (χ2n) is 9.62. The molecule has 0 heterocycles. The minimum Gasteiger partial charge on any atom is -0.493 e. The van der Waals surface area contributed by atoms with E-state index in [1.54, 1.807) is 37.3 Å². The summed E-state index contributed by atoms with van der Waals surface area (Å²) in [5.74, 6) is -0.129. The van der Waals surface area contributed by atoms with Gasteiger partial charge in [-0.15, -0.1) is 0 Å². The molecule has 0 saturated carbocycles. The van der Waals surface area contributed by atoms with Gasteiger partial charge in [0.05, 0.1) is 26.2 Å². The van der Waals surface area contributed by atoms with Gasteiger partial charge in [-0.3, -0.25) is 13.9 Å². The van der Waals surface area contributed by atoms with Crippen LogP contribution in [-0.2, 0) is 26.2 Å². The second-order valence-corrected chi connectivity index (χ2v) is 12.0. The molecule has 2 rings (SSSR count). The van der Waals surface area contributed by atoms with Crippen LogP contribution in [0.5, 0.6) is 11.5 Å². The quantitative estimate of drug-likeness (QED) is 0.453. The average molecular weight is 554 g/mol. The van der Waals surface area contributed by atoms with Crippen LogP contribution in [0, 0.1) is 0 Å². The van der Waals surface area contributed by atoms with Crippen molar-refractivity contribution in [3.8, 4) is 11.5 Å². The van der Waals surface area contributed by atoms with Gasteiger partial charge >= 0.3 is 0 Å². The topological polar surface area (TPSA) is 105 Å². The van der Waals surface area contributed by atoms with Gasteiger partial charge in [-0.05, 0) is 57.0 Å². The SMILES string of the molecule is CC[C@H](C(=O)NC(C)(C)C)N(Cc1ccc(Cl)cc1)C(=O)CN(c1ccc(OC)c(OC)c1)S(C)(=O)=O. The van der Waals surface area contributed by atoms with Crippen molar-refractivity contribution < 1.29 is 27.5 Å². The van der Waals surface area contributed by atoms with Crippen molar-refractivity contribution in [3.05, 3.63) is 53.1 Å². The number of carbonyl (C=O) groups is 2. The Morgan fingerprint density at radius 2 is 1.62 bits per heavy atom. The molecule has 0 spiro atoms. The zero-order chi connectivity index (χ0) is 28.0. The van der Waals surface area contributed by atoms with Crippen LogP contribution in [0.1, 0.15) is 39.7 Å². The Balaban J connectivity index is 2.50. The van der Waals surface area contributed by atoms with Gasteiger partial charge in [0.2, 0.25) is 21.8 Å². The maximum absolute atomic E-state index is 13.8. The number of nitrogens with zero attached hydrogens (tertiary/aromatic N) is 2. The number of hydrogen-bond acceptors (Lipinski definition) is 6. The number of sulfonamides is 1. The molecule has 0 unspecified atom stereocenters.